The average molecular weight is 404 g/mol. The Morgan fingerprint density at radius 2 is 1.86 bits per heavy atom. The normalized spacial score (nSPS) is 15.0. The molecule has 0 unspecified atom stereocenters. The van der Waals surface area contributed by atoms with Crippen molar-refractivity contribution in [3.8, 4) is 0 Å². The van der Waals surface area contributed by atoms with Crippen molar-refractivity contribution in [1.82, 2.24) is 0 Å². The minimum Gasteiger partial charge on any atom is -0.449 e. The number of carbonyl (C=O) groups is 2. The van der Waals surface area contributed by atoms with Crippen LogP contribution in [0.4, 0.5) is 17.1 Å². The molecule has 0 bridgehead atoms. The van der Waals surface area contributed by atoms with Gasteiger partial charge in [0.05, 0.1) is 18.8 Å². The predicted molar refractivity (Wildman–Crippen MR) is 109 cm³/mol. The van der Waals surface area contributed by atoms with E-state index in [1.165, 1.54) is 25.1 Å². The molecule has 28 heavy (non-hydrogen) atoms. The van der Waals surface area contributed by atoms with Gasteiger partial charge >= 0.3 is 5.97 Å². The van der Waals surface area contributed by atoms with E-state index in [-0.39, 0.29) is 11.3 Å². The van der Waals surface area contributed by atoms with Crippen molar-refractivity contribution in [3.05, 3.63) is 53.1 Å². The summed E-state index contributed by atoms with van der Waals surface area (Å²) in [6, 6.07) is 12.0. The van der Waals surface area contributed by atoms with Crippen molar-refractivity contribution in [2.24, 2.45) is 0 Å². The van der Waals surface area contributed by atoms with Crippen LogP contribution in [-0.4, -0.2) is 44.3 Å². The van der Waals surface area contributed by atoms with Crippen LogP contribution in [0.3, 0.4) is 0 Å². The van der Waals surface area contributed by atoms with Crippen LogP contribution in [0.2, 0.25) is 5.02 Å². The largest absolute Gasteiger partial charge is 0.449 e. The fourth-order valence-electron chi connectivity index (χ4n) is 2.82. The molecule has 0 radical (unpaired) electrons. The number of hydrogen-bond acceptors (Lipinski definition) is 6. The van der Waals surface area contributed by atoms with Crippen molar-refractivity contribution in [1.29, 1.82) is 0 Å². The molecular weight excluding hydrogens is 382 g/mol. The number of hydrogen-bond donors (Lipinski definition) is 2. The van der Waals surface area contributed by atoms with Gasteiger partial charge < -0.3 is 25.4 Å². The van der Waals surface area contributed by atoms with Gasteiger partial charge in [-0.25, -0.2) is 4.79 Å². The molecule has 0 aliphatic carbocycles. The number of esters is 1. The van der Waals surface area contributed by atoms with Crippen molar-refractivity contribution in [2.75, 3.05) is 42.3 Å². The second-order valence-corrected chi connectivity index (χ2v) is 6.85. The SMILES string of the molecule is C[C@H](OC(=O)c1ccc(Cl)cc1N)C(=O)Nc1ccc(N2CCOCC2)cc1. The maximum Gasteiger partial charge on any atom is 0.341 e. The van der Waals surface area contributed by atoms with E-state index in [1.807, 2.05) is 24.3 Å². The molecule has 0 aromatic heterocycles. The Labute approximate surface area is 168 Å². The number of anilines is 3. The summed E-state index contributed by atoms with van der Waals surface area (Å²) < 4.78 is 10.6. The van der Waals surface area contributed by atoms with E-state index >= 15 is 0 Å². The van der Waals surface area contributed by atoms with Crippen molar-refractivity contribution >= 4 is 40.5 Å². The van der Waals surface area contributed by atoms with Gasteiger partial charge in [-0.15, -0.1) is 0 Å². The summed E-state index contributed by atoms with van der Waals surface area (Å²) in [6.07, 6.45) is -0.985. The van der Waals surface area contributed by atoms with E-state index in [1.54, 1.807) is 0 Å². The summed E-state index contributed by atoms with van der Waals surface area (Å²) in [6.45, 7) is 4.60. The summed E-state index contributed by atoms with van der Waals surface area (Å²) >= 11 is 5.82. The minimum absolute atomic E-state index is 0.166. The van der Waals surface area contributed by atoms with Crippen LogP contribution >= 0.6 is 11.6 Å². The third-order valence-electron chi connectivity index (χ3n) is 4.40. The van der Waals surface area contributed by atoms with E-state index in [9.17, 15) is 9.59 Å². The number of nitrogens with zero attached hydrogens (tertiary/aromatic N) is 1. The Morgan fingerprint density at radius 3 is 2.50 bits per heavy atom. The lowest BCUT2D eigenvalue weighted by Crippen LogP contribution is -2.36. The van der Waals surface area contributed by atoms with Crippen LogP contribution in [0.1, 0.15) is 17.3 Å². The molecule has 0 saturated carbocycles. The van der Waals surface area contributed by atoms with Crippen molar-refractivity contribution in [2.45, 2.75) is 13.0 Å². The average Bonchev–Trinajstić information content (AvgIpc) is 2.69. The van der Waals surface area contributed by atoms with Crippen LogP contribution in [0.5, 0.6) is 0 Å². The maximum atomic E-state index is 12.3. The van der Waals surface area contributed by atoms with Gasteiger partial charge in [-0.2, -0.15) is 0 Å². The standard InChI is InChI=1S/C20H22ClN3O4/c1-13(28-20(26)17-7-2-14(21)12-18(17)22)19(25)23-15-3-5-16(6-4-15)24-8-10-27-11-9-24/h2-7,12-13H,8-11,22H2,1H3,(H,23,25)/t13-/m0/s1. The van der Waals surface area contributed by atoms with Gasteiger partial charge in [-0.1, -0.05) is 11.6 Å². The fourth-order valence-corrected chi connectivity index (χ4v) is 3.00. The molecule has 1 amide bonds. The summed E-state index contributed by atoms with van der Waals surface area (Å²) in [5.41, 5.74) is 7.83. The number of amides is 1. The highest BCUT2D eigenvalue weighted by atomic mass is 35.5. The van der Waals surface area contributed by atoms with E-state index in [0.717, 1.165) is 18.8 Å². The number of ether oxygens (including phenoxy) is 2. The number of rotatable bonds is 5. The first-order valence-electron chi connectivity index (χ1n) is 8.93. The molecule has 1 atom stereocenters. The second-order valence-electron chi connectivity index (χ2n) is 6.41. The molecule has 1 aliphatic rings. The molecule has 148 valence electrons. The van der Waals surface area contributed by atoms with Crippen LogP contribution in [-0.2, 0) is 14.3 Å². The van der Waals surface area contributed by atoms with Crippen LogP contribution in [0.25, 0.3) is 0 Å². The zero-order valence-corrected chi connectivity index (χ0v) is 16.2. The van der Waals surface area contributed by atoms with Gasteiger partial charge in [0.1, 0.15) is 0 Å². The third kappa shape index (κ3) is 4.94. The summed E-state index contributed by atoms with van der Waals surface area (Å²) in [5, 5.41) is 3.16. The Balaban J connectivity index is 1.56. The number of nitrogens with one attached hydrogen (secondary N) is 1. The molecule has 1 saturated heterocycles. The van der Waals surface area contributed by atoms with Crippen LogP contribution in [0, 0.1) is 0 Å². The molecule has 1 heterocycles. The number of halogens is 1. The van der Waals surface area contributed by atoms with E-state index < -0.39 is 18.0 Å². The van der Waals surface area contributed by atoms with E-state index in [0.29, 0.717) is 23.9 Å². The number of nitrogen functional groups attached to an aromatic ring is 1. The Hall–Kier alpha value is -2.77. The highest BCUT2D eigenvalue weighted by Crippen LogP contribution is 2.21. The van der Waals surface area contributed by atoms with E-state index in [4.69, 9.17) is 26.8 Å². The molecule has 2 aromatic carbocycles. The van der Waals surface area contributed by atoms with E-state index in [2.05, 4.69) is 10.2 Å². The maximum absolute atomic E-state index is 12.3. The Kier molecular flexibility index (Phi) is 6.38. The molecule has 1 fully saturated rings. The number of nitrogens with two attached hydrogens (primary N) is 1. The topological polar surface area (TPSA) is 93.9 Å². The van der Waals surface area contributed by atoms with Crippen LogP contribution in [0.15, 0.2) is 42.5 Å². The van der Waals surface area contributed by atoms with Gasteiger partial charge in [0.25, 0.3) is 5.91 Å². The Bertz CT molecular complexity index is 851. The predicted octanol–water partition coefficient (Wildman–Crippen LogP) is 2.94. The number of benzene rings is 2. The molecule has 0 spiro atoms. The first-order chi connectivity index (χ1) is 13.4. The number of morpholine rings is 1. The molecular formula is C20H22ClN3O4. The smallest absolute Gasteiger partial charge is 0.341 e. The quantitative estimate of drug-likeness (QED) is 0.589. The Morgan fingerprint density at radius 1 is 1.18 bits per heavy atom. The van der Waals surface area contributed by atoms with Gasteiger partial charge in [-0.05, 0) is 49.4 Å². The van der Waals surface area contributed by atoms with Crippen LogP contribution < -0.4 is 16.0 Å². The minimum atomic E-state index is -0.985. The lowest BCUT2D eigenvalue weighted by Gasteiger charge is -2.28. The summed E-state index contributed by atoms with van der Waals surface area (Å²) in [5.74, 6) is -1.11. The van der Waals surface area contributed by atoms with Gasteiger partial charge in [-0.3, -0.25) is 4.79 Å². The van der Waals surface area contributed by atoms with Gasteiger partial charge in [0.15, 0.2) is 6.10 Å². The zero-order valence-electron chi connectivity index (χ0n) is 15.5. The molecule has 7 nitrogen and oxygen atoms in total. The molecule has 2 aromatic rings. The molecule has 3 N–H and O–H groups in total. The van der Waals surface area contributed by atoms with Crippen molar-refractivity contribution < 1.29 is 19.1 Å². The first-order valence-corrected chi connectivity index (χ1v) is 9.31. The molecule has 1 aliphatic heterocycles. The number of carbonyl (C=O) groups excluding carboxylic acids is 2. The highest BCUT2D eigenvalue weighted by Gasteiger charge is 2.21. The summed E-state index contributed by atoms with van der Waals surface area (Å²) in [7, 11) is 0. The zero-order chi connectivity index (χ0) is 20.1. The van der Waals surface area contributed by atoms with Gasteiger partial charge in [0.2, 0.25) is 0 Å². The fraction of sp³-hybridized carbons (Fsp3) is 0.300. The first kappa shape index (κ1) is 20.0. The summed E-state index contributed by atoms with van der Waals surface area (Å²) in [4.78, 5) is 26.8. The molecule has 3 rings (SSSR count). The third-order valence-corrected chi connectivity index (χ3v) is 4.63. The highest BCUT2D eigenvalue weighted by molar-refractivity contribution is 6.31. The second kappa shape index (κ2) is 8.95. The molecule has 8 heteroatoms. The lowest BCUT2D eigenvalue weighted by atomic mass is 10.2. The lowest BCUT2D eigenvalue weighted by molar-refractivity contribution is -0.123. The van der Waals surface area contributed by atoms with Gasteiger partial charge in [0, 0.05) is 35.2 Å². The monoisotopic (exact) mass is 403 g/mol. The van der Waals surface area contributed by atoms with Crippen molar-refractivity contribution in [3.63, 3.8) is 0 Å².